The van der Waals surface area contributed by atoms with Crippen LogP contribution in [0, 0.1) is 11.5 Å². The molecule has 1 fully saturated rings. The molecule has 1 aromatic carbocycles. The molecule has 6 nitrogen and oxygen atoms in total. The Morgan fingerprint density at radius 3 is 2.86 bits per heavy atom. The summed E-state index contributed by atoms with van der Waals surface area (Å²) in [5, 5.41) is 11.7. The minimum Gasteiger partial charge on any atom is -0.329 e. The second-order valence-electron chi connectivity index (χ2n) is 4.83. The van der Waals surface area contributed by atoms with Crippen molar-refractivity contribution in [1.29, 1.82) is 5.26 Å². The van der Waals surface area contributed by atoms with E-state index in [4.69, 9.17) is 0 Å². The number of urea groups is 1. The van der Waals surface area contributed by atoms with E-state index in [0.717, 1.165) is 12.1 Å². The van der Waals surface area contributed by atoms with Gasteiger partial charge in [0.05, 0.1) is 12.2 Å². The van der Waals surface area contributed by atoms with E-state index in [2.05, 4.69) is 18.4 Å². The van der Waals surface area contributed by atoms with Crippen LogP contribution in [0.2, 0.25) is 0 Å². The highest BCUT2D eigenvalue weighted by Gasteiger charge is 2.27. The van der Waals surface area contributed by atoms with Crippen LogP contribution in [0.25, 0.3) is 0 Å². The summed E-state index contributed by atoms with van der Waals surface area (Å²) in [5.41, 5.74) is 2.01. The summed E-state index contributed by atoms with van der Waals surface area (Å²) in [6.07, 6.45) is 3.62. The maximum Gasteiger partial charge on any atom is 0.324 e. The number of aryl methyl sites for hydroxylation is 1. The number of anilines is 1. The number of nitrogens with one attached hydrogen (secondary N) is 1. The van der Waals surface area contributed by atoms with Gasteiger partial charge in [0.1, 0.15) is 0 Å². The lowest BCUT2D eigenvalue weighted by Gasteiger charge is -2.18. The highest BCUT2D eigenvalue weighted by molar-refractivity contribution is 6.01. The molecule has 6 heteroatoms. The average Bonchev–Trinajstić information content (AvgIpc) is 2.83. The van der Waals surface area contributed by atoms with Crippen LogP contribution in [-0.2, 0) is 11.2 Å². The first-order chi connectivity index (χ1) is 10.2. The molecule has 1 N–H and O–H groups in total. The lowest BCUT2D eigenvalue weighted by atomic mass is 10.1. The highest BCUT2D eigenvalue weighted by atomic mass is 16.2. The molecule has 0 aromatic heterocycles. The van der Waals surface area contributed by atoms with Crippen molar-refractivity contribution >= 4 is 17.6 Å². The molecule has 0 bridgehead atoms. The molecule has 21 heavy (non-hydrogen) atoms. The van der Waals surface area contributed by atoms with Crippen LogP contribution in [0.15, 0.2) is 24.3 Å². The van der Waals surface area contributed by atoms with Gasteiger partial charge in [0, 0.05) is 13.1 Å². The van der Waals surface area contributed by atoms with Crippen LogP contribution in [0.1, 0.15) is 18.9 Å². The van der Waals surface area contributed by atoms with Gasteiger partial charge < -0.3 is 5.32 Å². The van der Waals surface area contributed by atoms with E-state index in [1.165, 1.54) is 10.5 Å². The van der Waals surface area contributed by atoms with Crippen molar-refractivity contribution < 1.29 is 9.59 Å². The third-order valence-corrected chi connectivity index (χ3v) is 3.45. The SMILES string of the molecule is CCc1cccc(N(C#N)CCCN2C(=O)CNC2=O)c1. The van der Waals surface area contributed by atoms with Gasteiger partial charge in [0.15, 0.2) is 6.19 Å². The molecule has 0 unspecified atom stereocenters. The number of imide groups is 1. The maximum absolute atomic E-state index is 11.4. The number of carbonyl (C=O) groups is 2. The van der Waals surface area contributed by atoms with E-state index in [1.54, 1.807) is 4.90 Å². The zero-order valence-electron chi connectivity index (χ0n) is 12.0. The Morgan fingerprint density at radius 1 is 1.43 bits per heavy atom. The number of nitrogens with zero attached hydrogens (tertiary/aromatic N) is 3. The Hall–Kier alpha value is -2.55. The Bertz CT molecular complexity index is 563. The van der Waals surface area contributed by atoms with Crippen molar-refractivity contribution in [3.63, 3.8) is 0 Å². The van der Waals surface area contributed by atoms with E-state index in [9.17, 15) is 14.9 Å². The molecule has 1 saturated heterocycles. The molecule has 0 saturated carbocycles. The summed E-state index contributed by atoms with van der Waals surface area (Å²) in [6, 6.07) is 7.46. The Kier molecular flexibility index (Phi) is 4.77. The van der Waals surface area contributed by atoms with Crippen LogP contribution >= 0.6 is 0 Å². The summed E-state index contributed by atoms with van der Waals surface area (Å²) >= 11 is 0. The van der Waals surface area contributed by atoms with Crippen molar-refractivity contribution in [3.8, 4) is 6.19 Å². The molecule has 1 aromatic rings. The normalized spacial score (nSPS) is 14.0. The van der Waals surface area contributed by atoms with Gasteiger partial charge >= 0.3 is 6.03 Å². The molecule has 0 aliphatic carbocycles. The molecule has 0 spiro atoms. The third kappa shape index (κ3) is 3.51. The molecule has 1 aliphatic rings. The number of amides is 3. The molecule has 0 atom stereocenters. The van der Waals surface area contributed by atoms with Gasteiger partial charge in [0.2, 0.25) is 5.91 Å². The number of hydrogen-bond acceptors (Lipinski definition) is 4. The molecule has 3 amide bonds. The van der Waals surface area contributed by atoms with Gasteiger partial charge in [-0.3, -0.25) is 14.6 Å². The molecule has 1 heterocycles. The highest BCUT2D eigenvalue weighted by Crippen LogP contribution is 2.16. The van der Waals surface area contributed by atoms with Gasteiger partial charge in [-0.1, -0.05) is 19.1 Å². The van der Waals surface area contributed by atoms with Crippen molar-refractivity contribution in [2.24, 2.45) is 0 Å². The molecule has 2 rings (SSSR count). The zero-order chi connectivity index (χ0) is 15.2. The van der Waals surface area contributed by atoms with Crippen molar-refractivity contribution in [1.82, 2.24) is 10.2 Å². The molecule has 0 radical (unpaired) electrons. The zero-order valence-corrected chi connectivity index (χ0v) is 12.0. The Morgan fingerprint density at radius 2 is 2.24 bits per heavy atom. The number of hydrogen-bond donors (Lipinski definition) is 1. The predicted molar refractivity (Wildman–Crippen MR) is 78.5 cm³/mol. The quantitative estimate of drug-likeness (QED) is 0.488. The summed E-state index contributed by atoms with van der Waals surface area (Å²) in [4.78, 5) is 25.6. The van der Waals surface area contributed by atoms with Crippen LogP contribution in [0.5, 0.6) is 0 Å². The van der Waals surface area contributed by atoms with E-state index >= 15 is 0 Å². The second-order valence-corrected chi connectivity index (χ2v) is 4.83. The Labute approximate surface area is 123 Å². The fourth-order valence-electron chi connectivity index (χ4n) is 2.25. The van der Waals surface area contributed by atoms with E-state index in [-0.39, 0.29) is 18.5 Å². The first-order valence-corrected chi connectivity index (χ1v) is 7.00. The van der Waals surface area contributed by atoms with E-state index < -0.39 is 0 Å². The predicted octanol–water partition coefficient (Wildman–Crippen LogP) is 1.48. The average molecular weight is 286 g/mol. The largest absolute Gasteiger partial charge is 0.329 e. The monoisotopic (exact) mass is 286 g/mol. The number of nitriles is 1. The lowest BCUT2D eigenvalue weighted by Crippen LogP contribution is -2.33. The van der Waals surface area contributed by atoms with Gasteiger partial charge in [-0.15, -0.1) is 0 Å². The molecular formula is C15H18N4O2. The summed E-state index contributed by atoms with van der Waals surface area (Å²) in [5.74, 6) is -0.212. The fourth-order valence-corrected chi connectivity index (χ4v) is 2.25. The van der Waals surface area contributed by atoms with Crippen molar-refractivity contribution in [2.75, 3.05) is 24.5 Å². The van der Waals surface area contributed by atoms with Crippen molar-refractivity contribution in [2.45, 2.75) is 19.8 Å². The minimum atomic E-state index is -0.350. The van der Waals surface area contributed by atoms with Gasteiger partial charge in [-0.25, -0.2) is 4.79 Å². The molecule has 110 valence electrons. The third-order valence-electron chi connectivity index (χ3n) is 3.45. The van der Waals surface area contributed by atoms with Crippen molar-refractivity contribution in [3.05, 3.63) is 29.8 Å². The number of carbonyl (C=O) groups excluding carboxylic acids is 2. The summed E-state index contributed by atoms with van der Waals surface area (Å²) < 4.78 is 0. The maximum atomic E-state index is 11.4. The van der Waals surface area contributed by atoms with Gasteiger partial charge in [-0.2, -0.15) is 5.26 Å². The van der Waals surface area contributed by atoms with Crippen LogP contribution in [0.4, 0.5) is 10.5 Å². The number of benzene rings is 1. The second kappa shape index (κ2) is 6.75. The van der Waals surface area contributed by atoms with Crippen LogP contribution in [0.3, 0.4) is 0 Å². The van der Waals surface area contributed by atoms with E-state index in [1.807, 2.05) is 24.3 Å². The lowest BCUT2D eigenvalue weighted by molar-refractivity contribution is -0.124. The topological polar surface area (TPSA) is 76.4 Å². The summed E-state index contributed by atoms with van der Waals surface area (Å²) in [6.45, 7) is 2.93. The molecular weight excluding hydrogens is 268 g/mol. The summed E-state index contributed by atoms with van der Waals surface area (Å²) in [7, 11) is 0. The minimum absolute atomic E-state index is 0.0688. The Balaban J connectivity index is 1.92. The first kappa shape index (κ1) is 14.9. The van der Waals surface area contributed by atoms with Gasteiger partial charge in [-0.05, 0) is 30.5 Å². The smallest absolute Gasteiger partial charge is 0.324 e. The molecule has 1 aliphatic heterocycles. The number of rotatable bonds is 6. The van der Waals surface area contributed by atoms with E-state index in [0.29, 0.717) is 19.5 Å². The van der Waals surface area contributed by atoms with Crippen LogP contribution < -0.4 is 10.2 Å². The standard InChI is InChI=1S/C15H18N4O2/c1-2-12-5-3-6-13(9-12)18(11-16)7-4-8-19-14(20)10-17-15(19)21/h3,5-6,9H,2,4,7-8,10H2,1H3,(H,17,21). The first-order valence-electron chi connectivity index (χ1n) is 7.00. The van der Waals surface area contributed by atoms with Gasteiger partial charge in [0.25, 0.3) is 0 Å². The fraction of sp³-hybridized carbons (Fsp3) is 0.400. The van der Waals surface area contributed by atoms with Crippen LogP contribution in [-0.4, -0.2) is 36.5 Å².